The number of hydrogen-bond acceptors (Lipinski definition) is 6. The van der Waals surface area contributed by atoms with Gasteiger partial charge in [0.1, 0.15) is 0 Å². The van der Waals surface area contributed by atoms with Gasteiger partial charge in [-0.2, -0.15) is 0 Å². The van der Waals surface area contributed by atoms with Crippen molar-refractivity contribution in [3.63, 3.8) is 0 Å². The molecule has 1 atom stereocenters. The Morgan fingerprint density at radius 3 is 2.68 bits per heavy atom. The number of carbonyl (C=O) groups is 2. The number of hydrogen-bond donors (Lipinski definition) is 2. The Balaban J connectivity index is 1.75. The van der Waals surface area contributed by atoms with Crippen molar-refractivity contribution in [2.45, 2.75) is 30.3 Å². The first-order chi connectivity index (χ1) is 13.4. The van der Waals surface area contributed by atoms with Gasteiger partial charge in [0.2, 0.25) is 11.8 Å². The van der Waals surface area contributed by atoms with Gasteiger partial charge < -0.3 is 15.5 Å². The maximum atomic E-state index is 12.5. The van der Waals surface area contributed by atoms with E-state index in [1.54, 1.807) is 47.9 Å². The second-order valence-corrected chi connectivity index (χ2v) is 7.65. The third kappa shape index (κ3) is 4.93. The molecule has 0 aliphatic carbocycles. The molecule has 3 rings (SSSR count). The first-order valence-electron chi connectivity index (χ1n) is 8.42. The minimum Gasteiger partial charge on any atom is -0.461 e. The molecule has 0 spiro atoms. The maximum absolute atomic E-state index is 12.5. The molecule has 146 valence electrons. The van der Waals surface area contributed by atoms with Gasteiger partial charge in [-0.05, 0) is 43.3 Å². The Morgan fingerprint density at radius 1 is 1.29 bits per heavy atom. The molecule has 10 heteroatoms. The van der Waals surface area contributed by atoms with Crippen molar-refractivity contribution < 1.29 is 14.0 Å². The summed E-state index contributed by atoms with van der Waals surface area (Å²) in [6, 6.07) is 10.3. The second-order valence-electron chi connectivity index (χ2n) is 5.91. The molecule has 0 aliphatic heterocycles. The van der Waals surface area contributed by atoms with E-state index in [4.69, 9.17) is 21.8 Å². The molecule has 3 N–H and O–H groups in total. The molecule has 0 aliphatic rings. The highest BCUT2D eigenvalue weighted by Gasteiger charge is 2.22. The molecule has 2 amide bonds. The van der Waals surface area contributed by atoms with Crippen LogP contribution < -0.4 is 11.1 Å². The average Bonchev–Trinajstić information content (AvgIpc) is 3.31. The summed E-state index contributed by atoms with van der Waals surface area (Å²) in [5.41, 5.74) is 5.92. The second kappa shape index (κ2) is 8.94. The summed E-state index contributed by atoms with van der Waals surface area (Å²) in [6.45, 7) is 2.04. The van der Waals surface area contributed by atoms with E-state index in [0.717, 1.165) is 0 Å². The van der Waals surface area contributed by atoms with Crippen molar-refractivity contribution in [2.75, 3.05) is 5.32 Å². The Hall–Kier alpha value is -2.78. The minimum absolute atomic E-state index is 0.116. The summed E-state index contributed by atoms with van der Waals surface area (Å²) in [5, 5.41) is 11.7. The van der Waals surface area contributed by atoms with Crippen LogP contribution >= 0.6 is 23.4 Å². The number of aromatic nitrogens is 3. The van der Waals surface area contributed by atoms with E-state index in [1.165, 1.54) is 18.0 Å². The van der Waals surface area contributed by atoms with Crippen LogP contribution in [0.2, 0.25) is 5.02 Å². The fraction of sp³-hybridized carbons (Fsp3) is 0.222. The van der Waals surface area contributed by atoms with E-state index in [-0.39, 0.29) is 18.9 Å². The Kier molecular flexibility index (Phi) is 6.37. The van der Waals surface area contributed by atoms with Crippen LogP contribution in [-0.4, -0.2) is 31.8 Å². The number of carbonyl (C=O) groups excluding carboxylic acids is 2. The predicted molar refractivity (Wildman–Crippen MR) is 107 cm³/mol. The fourth-order valence-corrected chi connectivity index (χ4v) is 3.38. The quantitative estimate of drug-likeness (QED) is 0.541. The van der Waals surface area contributed by atoms with Crippen LogP contribution in [0.3, 0.4) is 0 Å². The van der Waals surface area contributed by atoms with E-state index in [0.29, 0.717) is 27.5 Å². The van der Waals surface area contributed by atoms with Gasteiger partial charge in [0.05, 0.1) is 11.5 Å². The lowest BCUT2D eigenvalue weighted by atomic mass is 10.3. The fourth-order valence-electron chi connectivity index (χ4n) is 2.38. The summed E-state index contributed by atoms with van der Waals surface area (Å²) in [6.07, 6.45) is 1.64. The number of nitrogens with one attached hydrogen (secondary N) is 1. The van der Waals surface area contributed by atoms with Crippen LogP contribution in [0.15, 0.2) is 52.2 Å². The Morgan fingerprint density at radius 2 is 2.04 bits per heavy atom. The van der Waals surface area contributed by atoms with Gasteiger partial charge >= 0.3 is 0 Å². The summed E-state index contributed by atoms with van der Waals surface area (Å²) >= 11 is 7.08. The van der Waals surface area contributed by atoms with Crippen molar-refractivity contribution in [1.82, 2.24) is 14.8 Å². The number of halogens is 1. The van der Waals surface area contributed by atoms with Crippen LogP contribution in [-0.2, 0) is 16.1 Å². The van der Waals surface area contributed by atoms with Gasteiger partial charge in [0, 0.05) is 23.7 Å². The number of anilines is 1. The molecule has 8 nitrogen and oxygen atoms in total. The van der Waals surface area contributed by atoms with Crippen molar-refractivity contribution in [3.05, 3.63) is 47.7 Å². The Labute approximate surface area is 170 Å². The van der Waals surface area contributed by atoms with Gasteiger partial charge in [0.15, 0.2) is 16.7 Å². The summed E-state index contributed by atoms with van der Waals surface area (Å²) in [7, 11) is 0. The van der Waals surface area contributed by atoms with Crippen LogP contribution in [0.1, 0.15) is 13.3 Å². The van der Waals surface area contributed by atoms with E-state index < -0.39 is 11.2 Å². The lowest BCUT2D eigenvalue weighted by Gasteiger charge is -2.13. The number of nitrogens with zero attached hydrogens (tertiary/aromatic N) is 3. The maximum Gasteiger partial charge on any atom is 0.237 e. The van der Waals surface area contributed by atoms with E-state index in [2.05, 4.69) is 15.5 Å². The van der Waals surface area contributed by atoms with E-state index in [1.807, 2.05) is 0 Å². The molecule has 28 heavy (non-hydrogen) atoms. The highest BCUT2D eigenvalue weighted by atomic mass is 35.5. The number of rotatable bonds is 8. The molecule has 1 aromatic carbocycles. The highest BCUT2D eigenvalue weighted by Crippen LogP contribution is 2.28. The number of thioether (sulfide) groups is 1. The monoisotopic (exact) mass is 419 g/mol. The average molecular weight is 420 g/mol. The van der Waals surface area contributed by atoms with Gasteiger partial charge in [-0.25, -0.2) is 0 Å². The largest absolute Gasteiger partial charge is 0.461 e. The molecule has 0 fully saturated rings. The molecular weight excluding hydrogens is 402 g/mol. The van der Waals surface area contributed by atoms with Gasteiger partial charge in [-0.1, -0.05) is 23.4 Å². The molecule has 0 radical (unpaired) electrons. The summed E-state index contributed by atoms with van der Waals surface area (Å²) < 4.78 is 7.11. The normalized spacial score (nSPS) is 11.9. The smallest absolute Gasteiger partial charge is 0.237 e. The molecule has 0 saturated carbocycles. The molecular formula is C18H18ClN5O3S. The van der Waals surface area contributed by atoms with Crippen LogP contribution in [0, 0.1) is 0 Å². The number of nitrogens with two attached hydrogens (primary N) is 1. The van der Waals surface area contributed by atoms with Gasteiger partial charge in [0.25, 0.3) is 0 Å². The van der Waals surface area contributed by atoms with Crippen molar-refractivity contribution >= 4 is 40.9 Å². The first kappa shape index (κ1) is 20.0. The van der Waals surface area contributed by atoms with Crippen molar-refractivity contribution in [3.8, 4) is 11.6 Å². The molecule has 0 bridgehead atoms. The molecule has 2 aromatic heterocycles. The topological polar surface area (TPSA) is 116 Å². The molecule has 3 aromatic rings. The predicted octanol–water partition coefficient (Wildman–Crippen LogP) is 3.19. The van der Waals surface area contributed by atoms with Crippen molar-refractivity contribution in [2.24, 2.45) is 5.73 Å². The highest BCUT2D eigenvalue weighted by molar-refractivity contribution is 8.00. The molecule has 1 unspecified atom stereocenters. The number of benzene rings is 1. The first-order valence-corrected chi connectivity index (χ1v) is 9.68. The Bertz CT molecular complexity index is 956. The summed E-state index contributed by atoms with van der Waals surface area (Å²) in [4.78, 5) is 23.7. The molecule has 2 heterocycles. The number of primary amides is 1. The third-order valence-electron chi connectivity index (χ3n) is 3.80. The lowest BCUT2D eigenvalue weighted by molar-refractivity contribution is -0.118. The van der Waals surface area contributed by atoms with Gasteiger partial charge in [-0.15, -0.1) is 10.2 Å². The zero-order chi connectivity index (χ0) is 20.1. The van der Waals surface area contributed by atoms with E-state index >= 15 is 0 Å². The lowest BCUT2D eigenvalue weighted by Crippen LogP contribution is -2.23. The van der Waals surface area contributed by atoms with E-state index in [9.17, 15) is 9.59 Å². The number of amides is 2. The number of furan rings is 1. The van der Waals surface area contributed by atoms with Crippen LogP contribution in [0.5, 0.6) is 0 Å². The van der Waals surface area contributed by atoms with Gasteiger partial charge in [-0.3, -0.25) is 14.2 Å². The SMILES string of the molecule is CC(Sc1nnc(-c2ccco2)n1CCC(N)=O)C(=O)Nc1ccc(Cl)cc1. The van der Waals surface area contributed by atoms with Crippen LogP contribution in [0.4, 0.5) is 5.69 Å². The molecule has 0 saturated heterocycles. The minimum atomic E-state index is -0.461. The zero-order valence-electron chi connectivity index (χ0n) is 15.0. The summed E-state index contributed by atoms with van der Waals surface area (Å²) in [5.74, 6) is 0.348. The standard InChI is InChI=1S/C18H18ClN5O3S/c1-11(17(26)21-13-6-4-12(19)5-7-13)28-18-23-22-16(14-3-2-10-27-14)24(18)9-8-15(20)25/h2-7,10-11H,8-9H2,1H3,(H2,20,25)(H,21,26). The van der Waals surface area contributed by atoms with Crippen molar-refractivity contribution in [1.29, 1.82) is 0 Å². The third-order valence-corrected chi connectivity index (χ3v) is 5.14. The van der Waals surface area contributed by atoms with Crippen LogP contribution in [0.25, 0.3) is 11.6 Å². The zero-order valence-corrected chi connectivity index (χ0v) is 16.5.